The van der Waals surface area contributed by atoms with Gasteiger partial charge in [0.1, 0.15) is 6.04 Å². The second kappa shape index (κ2) is 6.71. The van der Waals surface area contributed by atoms with Gasteiger partial charge in [-0.1, -0.05) is 49.9 Å². The van der Waals surface area contributed by atoms with E-state index in [4.69, 9.17) is 10.8 Å². The van der Waals surface area contributed by atoms with Crippen LogP contribution in [0.25, 0.3) is 0 Å². The third kappa shape index (κ3) is 3.80. The summed E-state index contributed by atoms with van der Waals surface area (Å²) >= 11 is 0. The zero-order valence-corrected chi connectivity index (χ0v) is 11.3. The highest BCUT2D eigenvalue weighted by Crippen LogP contribution is 2.33. The number of carboxylic acid groups (broad SMARTS) is 1. The molecule has 1 saturated carbocycles. The molecule has 1 aromatic carbocycles. The van der Waals surface area contributed by atoms with Crippen LogP contribution in [0.5, 0.6) is 0 Å². The predicted octanol–water partition coefficient (Wildman–Crippen LogP) is 3.08. The van der Waals surface area contributed by atoms with Gasteiger partial charge in [-0.25, -0.2) is 0 Å². The molecule has 3 N–H and O–H groups in total. The molecule has 0 aliphatic heterocycles. The average molecular weight is 261 g/mol. The number of carbonyl (C=O) groups is 1. The summed E-state index contributed by atoms with van der Waals surface area (Å²) in [5.74, 6) is -0.338. The van der Waals surface area contributed by atoms with E-state index in [9.17, 15) is 4.79 Å². The van der Waals surface area contributed by atoms with E-state index in [-0.39, 0.29) is 0 Å². The molecule has 0 radical (unpaired) electrons. The third-order valence-corrected chi connectivity index (χ3v) is 4.11. The summed E-state index contributed by atoms with van der Waals surface area (Å²) in [6, 6.07) is 7.41. The smallest absolute Gasteiger partial charge is 0.320 e. The summed E-state index contributed by atoms with van der Waals surface area (Å²) in [5, 5.41) is 8.96. The minimum atomic E-state index is -0.921. The van der Waals surface area contributed by atoms with Gasteiger partial charge >= 0.3 is 5.97 Å². The van der Waals surface area contributed by atoms with Crippen LogP contribution in [0.2, 0.25) is 0 Å². The van der Waals surface area contributed by atoms with Crippen molar-refractivity contribution in [2.24, 2.45) is 5.73 Å². The summed E-state index contributed by atoms with van der Waals surface area (Å²) in [5.41, 5.74) is 8.11. The molecule has 0 saturated heterocycles. The molecule has 1 atom stereocenters. The van der Waals surface area contributed by atoms with E-state index in [0.717, 1.165) is 5.56 Å². The van der Waals surface area contributed by atoms with Crippen LogP contribution < -0.4 is 5.73 Å². The zero-order chi connectivity index (χ0) is 13.7. The number of nitrogens with two attached hydrogens (primary N) is 1. The molecule has 0 spiro atoms. The Labute approximate surface area is 114 Å². The second-order valence-electron chi connectivity index (χ2n) is 5.54. The maximum Gasteiger partial charge on any atom is 0.320 e. The standard InChI is InChI=1S/C16H23NO2/c17-15(16(18)19)11-13-9-5-6-10-14(13)12-7-3-1-2-4-8-12/h5-6,9-10,12,15H,1-4,7-8,11,17H2,(H,18,19). The molecule has 0 aromatic heterocycles. The molecule has 1 fully saturated rings. The molecule has 1 aliphatic rings. The molecule has 0 amide bonds. The molecule has 3 nitrogen and oxygen atoms in total. The van der Waals surface area contributed by atoms with Gasteiger partial charge in [0.15, 0.2) is 0 Å². The summed E-state index contributed by atoms with van der Waals surface area (Å²) in [4.78, 5) is 10.9. The Bertz CT molecular complexity index is 423. The molecule has 19 heavy (non-hydrogen) atoms. The third-order valence-electron chi connectivity index (χ3n) is 4.11. The van der Waals surface area contributed by atoms with Crippen molar-refractivity contribution < 1.29 is 9.90 Å². The summed E-state index contributed by atoms with van der Waals surface area (Å²) < 4.78 is 0. The molecule has 2 rings (SSSR count). The highest BCUT2D eigenvalue weighted by atomic mass is 16.4. The van der Waals surface area contributed by atoms with Crippen LogP contribution in [0.1, 0.15) is 55.6 Å². The zero-order valence-electron chi connectivity index (χ0n) is 11.3. The van der Waals surface area contributed by atoms with E-state index in [1.807, 2.05) is 12.1 Å². The minimum Gasteiger partial charge on any atom is -0.480 e. The lowest BCUT2D eigenvalue weighted by Crippen LogP contribution is -2.32. The average Bonchev–Trinajstić information content (AvgIpc) is 2.68. The maximum absolute atomic E-state index is 10.9. The van der Waals surface area contributed by atoms with Crippen molar-refractivity contribution in [3.8, 4) is 0 Å². The van der Waals surface area contributed by atoms with Crippen LogP contribution in [0, 0.1) is 0 Å². The molecule has 1 aliphatic carbocycles. The van der Waals surface area contributed by atoms with Gasteiger partial charge in [0.25, 0.3) is 0 Å². The van der Waals surface area contributed by atoms with Crippen molar-refractivity contribution in [2.45, 2.75) is 56.9 Å². The summed E-state index contributed by atoms with van der Waals surface area (Å²) in [7, 11) is 0. The van der Waals surface area contributed by atoms with Gasteiger partial charge in [-0.3, -0.25) is 4.79 Å². The number of carboxylic acids is 1. The Kier molecular flexibility index (Phi) is 4.97. The lowest BCUT2D eigenvalue weighted by molar-refractivity contribution is -0.138. The van der Waals surface area contributed by atoms with E-state index in [0.29, 0.717) is 12.3 Å². The Morgan fingerprint density at radius 3 is 2.47 bits per heavy atom. The van der Waals surface area contributed by atoms with Crippen LogP contribution in [0.15, 0.2) is 24.3 Å². The number of benzene rings is 1. The number of aliphatic carboxylic acids is 1. The van der Waals surface area contributed by atoms with Gasteiger partial charge in [0, 0.05) is 0 Å². The monoisotopic (exact) mass is 261 g/mol. The fraction of sp³-hybridized carbons (Fsp3) is 0.562. The molecule has 1 unspecified atom stereocenters. The van der Waals surface area contributed by atoms with E-state index < -0.39 is 12.0 Å². The van der Waals surface area contributed by atoms with Gasteiger partial charge in [0.05, 0.1) is 0 Å². The van der Waals surface area contributed by atoms with Crippen molar-refractivity contribution >= 4 is 5.97 Å². The highest BCUT2D eigenvalue weighted by Gasteiger charge is 2.20. The van der Waals surface area contributed by atoms with E-state index in [1.165, 1.54) is 44.1 Å². The van der Waals surface area contributed by atoms with Crippen LogP contribution in [-0.2, 0) is 11.2 Å². The van der Waals surface area contributed by atoms with Crippen molar-refractivity contribution in [1.82, 2.24) is 0 Å². The van der Waals surface area contributed by atoms with Crippen LogP contribution >= 0.6 is 0 Å². The Hall–Kier alpha value is -1.35. The van der Waals surface area contributed by atoms with Gasteiger partial charge in [-0.2, -0.15) is 0 Å². The second-order valence-corrected chi connectivity index (χ2v) is 5.54. The number of hydrogen-bond donors (Lipinski definition) is 2. The number of hydrogen-bond acceptors (Lipinski definition) is 2. The summed E-state index contributed by atoms with van der Waals surface area (Å²) in [6.45, 7) is 0. The van der Waals surface area contributed by atoms with Crippen molar-refractivity contribution in [3.63, 3.8) is 0 Å². The van der Waals surface area contributed by atoms with Crippen molar-refractivity contribution in [3.05, 3.63) is 35.4 Å². The lowest BCUT2D eigenvalue weighted by Gasteiger charge is -2.19. The first-order valence-electron chi connectivity index (χ1n) is 7.24. The Morgan fingerprint density at radius 1 is 1.21 bits per heavy atom. The first kappa shape index (κ1) is 14.1. The normalized spacial score (nSPS) is 18.8. The van der Waals surface area contributed by atoms with Gasteiger partial charge in [-0.05, 0) is 36.3 Å². The summed E-state index contributed by atoms with van der Waals surface area (Å²) in [6.07, 6.45) is 8.09. The SMILES string of the molecule is NC(Cc1ccccc1C1CCCCCC1)C(=O)O. The minimum absolute atomic E-state index is 0.433. The molecular formula is C16H23NO2. The molecule has 3 heteroatoms. The fourth-order valence-corrected chi connectivity index (χ4v) is 3.03. The van der Waals surface area contributed by atoms with Gasteiger partial charge in [0.2, 0.25) is 0 Å². The largest absolute Gasteiger partial charge is 0.480 e. The first-order valence-corrected chi connectivity index (χ1v) is 7.24. The lowest BCUT2D eigenvalue weighted by atomic mass is 9.86. The van der Waals surface area contributed by atoms with Crippen molar-refractivity contribution in [2.75, 3.05) is 0 Å². The van der Waals surface area contributed by atoms with Gasteiger partial charge < -0.3 is 10.8 Å². The van der Waals surface area contributed by atoms with Gasteiger partial charge in [-0.15, -0.1) is 0 Å². The topological polar surface area (TPSA) is 63.3 Å². The molecule has 1 aromatic rings. The van der Waals surface area contributed by atoms with Crippen LogP contribution in [0.4, 0.5) is 0 Å². The van der Waals surface area contributed by atoms with E-state index >= 15 is 0 Å². The molecular weight excluding hydrogens is 238 g/mol. The number of rotatable bonds is 4. The Balaban J connectivity index is 2.17. The Morgan fingerprint density at radius 2 is 1.84 bits per heavy atom. The van der Waals surface area contributed by atoms with Crippen LogP contribution in [-0.4, -0.2) is 17.1 Å². The maximum atomic E-state index is 10.9. The van der Waals surface area contributed by atoms with E-state index in [1.54, 1.807) is 0 Å². The van der Waals surface area contributed by atoms with E-state index in [2.05, 4.69) is 12.1 Å². The fourth-order valence-electron chi connectivity index (χ4n) is 3.03. The molecule has 0 bridgehead atoms. The van der Waals surface area contributed by atoms with Crippen LogP contribution in [0.3, 0.4) is 0 Å². The predicted molar refractivity (Wildman–Crippen MR) is 76.2 cm³/mol. The highest BCUT2D eigenvalue weighted by molar-refractivity contribution is 5.73. The molecule has 104 valence electrons. The van der Waals surface area contributed by atoms with Crippen molar-refractivity contribution in [1.29, 1.82) is 0 Å². The molecule has 0 heterocycles. The quantitative estimate of drug-likeness (QED) is 0.819. The first-order chi connectivity index (χ1) is 9.18.